The van der Waals surface area contributed by atoms with Gasteiger partial charge in [-0.25, -0.2) is 9.59 Å². The van der Waals surface area contributed by atoms with Crippen LogP contribution in [-0.4, -0.2) is 38.4 Å². The predicted molar refractivity (Wildman–Crippen MR) is 101 cm³/mol. The van der Waals surface area contributed by atoms with Crippen LogP contribution in [0.2, 0.25) is 0 Å². The SMILES string of the molecule is CCOC(=O)COc1ccc(N=Nc2ccc(OCC(=O)OCC)cc2)cc1. The molecular weight excluding hydrogens is 364 g/mol. The minimum Gasteiger partial charge on any atom is -0.482 e. The van der Waals surface area contributed by atoms with Crippen LogP contribution in [0.1, 0.15) is 13.8 Å². The van der Waals surface area contributed by atoms with Crippen molar-refractivity contribution in [1.29, 1.82) is 0 Å². The summed E-state index contributed by atoms with van der Waals surface area (Å²) in [5, 5.41) is 8.27. The van der Waals surface area contributed by atoms with Crippen molar-refractivity contribution in [2.45, 2.75) is 13.8 Å². The monoisotopic (exact) mass is 386 g/mol. The van der Waals surface area contributed by atoms with Crippen molar-refractivity contribution < 1.29 is 28.5 Å². The summed E-state index contributed by atoms with van der Waals surface area (Å²) in [6.07, 6.45) is 0. The highest BCUT2D eigenvalue weighted by Crippen LogP contribution is 2.23. The summed E-state index contributed by atoms with van der Waals surface area (Å²) >= 11 is 0. The molecule has 0 amide bonds. The zero-order valence-electron chi connectivity index (χ0n) is 15.8. The maximum absolute atomic E-state index is 11.3. The Hall–Kier alpha value is -3.42. The van der Waals surface area contributed by atoms with Gasteiger partial charge in [0, 0.05) is 0 Å². The summed E-state index contributed by atoms with van der Waals surface area (Å²) in [6.45, 7) is 3.84. The predicted octanol–water partition coefficient (Wildman–Crippen LogP) is 3.99. The molecule has 8 heteroatoms. The van der Waals surface area contributed by atoms with E-state index in [1.807, 2.05) is 0 Å². The van der Waals surface area contributed by atoms with E-state index in [1.54, 1.807) is 62.4 Å². The second-order valence-electron chi connectivity index (χ2n) is 5.38. The molecule has 2 aromatic rings. The zero-order valence-corrected chi connectivity index (χ0v) is 15.8. The van der Waals surface area contributed by atoms with E-state index in [9.17, 15) is 9.59 Å². The summed E-state index contributed by atoms with van der Waals surface area (Å²) < 4.78 is 20.2. The third-order valence-electron chi connectivity index (χ3n) is 3.28. The molecule has 0 saturated heterocycles. The molecule has 148 valence electrons. The highest BCUT2D eigenvalue weighted by molar-refractivity contribution is 5.71. The number of hydrogen-bond acceptors (Lipinski definition) is 8. The molecule has 0 aromatic heterocycles. The molecule has 0 saturated carbocycles. The summed E-state index contributed by atoms with van der Waals surface area (Å²) in [5.41, 5.74) is 1.26. The van der Waals surface area contributed by atoms with Gasteiger partial charge in [-0.3, -0.25) is 0 Å². The molecule has 0 radical (unpaired) electrons. The number of ether oxygens (including phenoxy) is 4. The molecule has 0 spiro atoms. The number of hydrogen-bond donors (Lipinski definition) is 0. The van der Waals surface area contributed by atoms with Gasteiger partial charge in [-0.2, -0.15) is 10.2 Å². The number of azo groups is 1. The molecule has 0 fully saturated rings. The molecule has 0 unspecified atom stereocenters. The lowest BCUT2D eigenvalue weighted by Crippen LogP contribution is -2.14. The van der Waals surface area contributed by atoms with E-state index >= 15 is 0 Å². The Morgan fingerprint density at radius 1 is 0.679 bits per heavy atom. The van der Waals surface area contributed by atoms with Crippen LogP contribution in [0.15, 0.2) is 58.8 Å². The van der Waals surface area contributed by atoms with Gasteiger partial charge in [-0.15, -0.1) is 0 Å². The molecule has 0 aliphatic heterocycles. The topological polar surface area (TPSA) is 95.8 Å². The highest BCUT2D eigenvalue weighted by Gasteiger charge is 2.04. The Morgan fingerprint density at radius 2 is 1.04 bits per heavy atom. The molecule has 0 aliphatic carbocycles. The van der Waals surface area contributed by atoms with Crippen molar-refractivity contribution in [3.8, 4) is 11.5 Å². The van der Waals surface area contributed by atoms with Crippen LogP contribution in [0.5, 0.6) is 11.5 Å². The van der Waals surface area contributed by atoms with E-state index in [2.05, 4.69) is 10.2 Å². The minimum absolute atomic E-state index is 0.140. The first-order valence-electron chi connectivity index (χ1n) is 8.79. The minimum atomic E-state index is -0.416. The largest absolute Gasteiger partial charge is 0.482 e. The molecule has 2 aromatic carbocycles. The van der Waals surface area contributed by atoms with Gasteiger partial charge in [0.15, 0.2) is 13.2 Å². The van der Waals surface area contributed by atoms with E-state index in [-0.39, 0.29) is 13.2 Å². The smallest absolute Gasteiger partial charge is 0.344 e. The first-order chi connectivity index (χ1) is 13.6. The van der Waals surface area contributed by atoms with Gasteiger partial charge in [0.1, 0.15) is 11.5 Å². The Morgan fingerprint density at radius 3 is 1.36 bits per heavy atom. The fourth-order valence-corrected chi connectivity index (χ4v) is 2.02. The maximum Gasteiger partial charge on any atom is 0.344 e. The second-order valence-corrected chi connectivity index (χ2v) is 5.38. The van der Waals surface area contributed by atoms with Crippen LogP contribution in [-0.2, 0) is 19.1 Å². The number of carbonyl (C=O) groups is 2. The Balaban J connectivity index is 1.84. The van der Waals surface area contributed by atoms with Crippen molar-refractivity contribution in [3.05, 3.63) is 48.5 Å². The lowest BCUT2D eigenvalue weighted by atomic mass is 10.3. The van der Waals surface area contributed by atoms with Gasteiger partial charge in [0.05, 0.1) is 24.6 Å². The molecule has 0 bridgehead atoms. The standard InChI is InChI=1S/C20H22N2O6/c1-3-25-19(23)13-27-17-9-5-15(6-10-17)21-22-16-7-11-18(12-8-16)28-14-20(24)26-4-2/h5-12H,3-4,13-14H2,1-2H3. The molecule has 2 rings (SSSR count). The second kappa shape index (κ2) is 11.3. The van der Waals surface area contributed by atoms with Crippen molar-refractivity contribution in [1.82, 2.24) is 0 Å². The Bertz CT molecular complexity index is 720. The average molecular weight is 386 g/mol. The van der Waals surface area contributed by atoms with Crippen molar-refractivity contribution >= 4 is 23.3 Å². The number of nitrogens with zero attached hydrogens (tertiary/aromatic N) is 2. The first-order valence-corrected chi connectivity index (χ1v) is 8.79. The van der Waals surface area contributed by atoms with Crippen molar-refractivity contribution in [2.24, 2.45) is 10.2 Å². The van der Waals surface area contributed by atoms with Gasteiger partial charge in [-0.05, 0) is 62.4 Å². The van der Waals surface area contributed by atoms with Crippen molar-refractivity contribution in [2.75, 3.05) is 26.4 Å². The van der Waals surface area contributed by atoms with E-state index in [0.29, 0.717) is 36.1 Å². The molecular formula is C20H22N2O6. The highest BCUT2D eigenvalue weighted by atomic mass is 16.6. The van der Waals surface area contributed by atoms with E-state index in [4.69, 9.17) is 18.9 Å². The van der Waals surface area contributed by atoms with Crippen LogP contribution < -0.4 is 9.47 Å². The fraction of sp³-hybridized carbons (Fsp3) is 0.300. The van der Waals surface area contributed by atoms with Gasteiger partial charge in [0.2, 0.25) is 0 Å². The van der Waals surface area contributed by atoms with E-state index < -0.39 is 11.9 Å². The quantitative estimate of drug-likeness (QED) is 0.453. The van der Waals surface area contributed by atoms with Crippen LogP contribution in [0.3, 0.4) is 0 Å². The van der Waals surface area contributed by atoms with Crippen LogP contribution in [0.25, 0.3) is 0 Å². The Kier molecular flexibility index (Phi) is 8.45. The molecule has 8 nitrogen and oxygen atoms in total. The number of carbonyl (C=O) groups excluding carboxylic acids is 2. The molecule has 0 N–H and O–H groups in total. The average Bonchev–Trinajstić information content (AvgIpc) is 2.71. The summed E-state index contributed by atoms with van der Waals surface area (Å²) in [4.78, 5) is 22.5. The fourth-order valence-electron chi connectivity index (χ4n) is 2.02. The normalized spacial score (nSPS) is 10.5. The molecule has 0 heterocycles. The summed E-state index contributed by atoms with van der Waals surface area (Å²) in [5.74, 6) is 0.243. The molecule has 0 atom stereocenters. The zero-order chi connectivity index (χ0) is 20.2. The van der Waals surface area contributed by atoms with E-state index in [0.717, 1.165) is 0 Å². The number of rotatable bonds is 10. The van der Waals surface area contributed by atoms with E-state index in [1.165, 1.54) is 0 Å². The Labute approximate surface area is 163 Å². The lowest BCUT2D eigenvalue weighted by molar-refractivity contribution is -0.146. The van der Waals surface area contributed by atoms with Crippen LogP contribution >= 0.6 is 0 Å². The lowest BCUT2D eigenvalue weighted by Gasteiger charge is -2.06. The van der Waals surface area contributed by atoms with Crippen molar-refractivity contribution in [3.63, 3.8) is 0 Å². The first kappa shape index (κ1) is 20.9. The molecule has 0 aliphatic rings. The third kappa shape index (κ3) is 7.45. The summed E-state index contributed by atoms with van der Waals surface area (Å²) in [7, 11) is 0. The molecule has 28 heavy (non-hydrogen) atoms. The number of benzene rings is 2. The summed E-state index contributed by atoms with van der Waals surface area (Å²) in [6, 6.07) is 13.7. The van der Waals surface area contributed by atoms with Gasteiger partial charge in [0.25, 0.3) is 0 Å². The number of esters is 2. The maximum atomic E-state index is 11.3. The van der Waals surface area contributed by atoms with Gasteiger partial charge < -0.3 is 18.9 Å². The third-order valence-corrected chi connectivity index (χ3v) is 3.28. The van der Waals surface area contributed by atoms with Crippen LogP contribution in [0.4, 0.5) is 11.4 Å². The van der Waals surface area contributed by atoms with Crippen LogP contribution in [0, 0.1) is 0 Å². The van der Waals surface area contributed by atoms with Gasteiger partial charge in [-0.1, -0.05) is 0 Å². The van der Waals surface area contributed by atoms with Gasteiger partial charge >= 0.3 is 11.9 Å².